The van der Waals surface area contributed by atoms with Crippen LogP contribution >= 0.6 is 0 Å². The van der Waals surface area contributed by atoms with Gasteiger partial charge in [0.05, 0.1) is 19.8 Å². The predicted molar refractivity (Wildman–Crippen MR) is 127 cm³/mol. The van der Waals surface area contributed by atoms with Crippen LogP contribution < -0.4 is 4.74 Å². The van der Waals surface area contributed by atoms with Gasteiger partial charge in [-0.1, -0.05) is 47.6 Å². The van der Waals surface area contributed by atoms with E-state index in [-0.39, 0.29) is 11.7 Å². The van der Waals surface area contributed by atoms with Crippen LogP contribution in [0.15, 0.2) is 59.7 Å². The molecule has 4 heteroatoms. The second kappa shape index (κ2) is 11.8. The lowest BCUT2D eigenvalue weighted by molar-refractivity contribution is 0.0600. The lowest BCUT2D eigenvalue weighted by Gasteiger charge is -2.10. The van der Waals surface area contributed by atoms with Gasteiger partial charge in [0.2, 0.25) is 0 Å². The molecule has 0 aliphatic heterocycles. The Morgan fingerprint density at radius 1 is 0.968 bits per heavy atom. The van der Waals surface area contributed by atoms with E-state index in [1.807, 2.05) is 36.4 Å². The van der Waals surface area contributed by atoms with Crippen molar-refractivity contribution in [3.8, 4) is 11.5 Å². The Morgan fingerprint density at radius 2 is 1.65 bits per heavy atom. The Kier molecular flexibility index (Phi) is 9.13. The van der Waals surface area contributed by atoms with Crippen LogP contribution in [0, 0.1) is 0 Å². The zero-order chi connectivity index (χ0) is 22.8. The van der Waals surface area contributed by atoms with E-state index >= 15 is 0 Å². The van der Waals surface area contributed by atoms with Crippen molar-refractivity contribution in [2.45, 2.75) is 40.0 Å². The first-order valence-corrected chi connectivity index (χ1v) is 10.4. The molecule has 31 heavy (non-hydrogen) atoms. The number of allylic oxidation sites excluding steroid dienone is 4. The van der Waals surface area contributed by atoms with Crippen LogP contribution in [0.4, 0.5) is 0 Å². The Balaban J connectivity index is 2.18. The zero-order valence-corrected chi connectivity index (χ0v) is 19.1. The van der Waals surface area contributed by atoms with Gasteiger partial charge in [0.15, 0.2) is 11.5 Å². The third-order valence-corrected chi connectivity index (χ3v) is 4.96. The number of phenolic OH excluding ortho intramolecular Hbond substituents is 1. The number of carbonyl (C=O) groups excluding carboxylic acids is 1. The number of ether oxygens (including phenoxy) is 2. The van der Waals surface area contributed by atoms with Gasteiger partial charge in [0, 0.05) is 5.56 Å². The lowest BCUT2D eigenvalue weighted by Crippen LogP contribution is -2.00. The summed E-state index contributed by atoms with van der Waals surface area (Å²) in [5, 5.41) is 10.5. The van der Waals surface area contributed by atoms with Crippen molar-refractivity contribution in [2.24, 2.45) is 0 Å². The second-order valence-electron chi connectivity index (χ2n) is 7.75. The summed E-state index contributed by atoms with van der Waals surface area (Å²) in [5.74, 6) is 0.275. The molecule has 2 rings (SSSR count). The van der Waals surface area contributed by atoms with Crippen LogP contribution in [-0.4, -0.2) is 25.3 Å². The molecular weight excluding hydrogens is 388 g/mol. The molecule has 0 fully saturated rings. The summed E-state index contributed by atoms with van der Waals surface area (Å²) in [6.45, 7) is 6.33. The van der Waals surface area contributed by atoms with E-state index in [9.17, 15) is 9.90 Å². The van der Waals surface area contributed by atoms with Gasteiger partial charge in [-0.25, -0.2) is 4.79 Å². The molecule has 1 N–H and O–H groups in total. The Bertz CT molecular complexity index is 975. The molecule has 0 atom stereocenters. The third-order valence-electron chi connectivity index (χ3n) is 4.96. The monoisotopic (exact) mass is 420 g/mol. The van der Waals surface area contributed by atoms with Gasteiger partial charge in [0.25, 0.3) is 0 Å². The molecule has 2 aromatic rings. The summed E-state index contributed by atoms with van der Waals surface area (Å²) < 4.78 is 10.1. The van der Waals surface area contributed by atoms with Gasteiger partial charge in [-0.3, -0.25) is 0 Å². The summed E-state index contributed by atoms with van der Waals surface area (Å²) in [6, 6.07) is 11.0. The molecule has 0 amide bonds. The number of hydrogen-bond donors (Lipinski definition) is 1. The molecule has 0 aliphatic carbocycles. The number of methoxy groups -OCH3 is 2. The van der Waals surface area contributed by atoms with Gasteiger partial charge in [-0.05, 0) is 75.4 Å². The topological polar surface area (TPSA) is 55.8 Å². The second-order valence-corrected chi connectivity index (χ2v) is 7.75. The van der Waals surface area contributed by atoms with E-state index in [1.165, 1.54) is 18.3 Å². The van der Waals surface area contributed by atoms with Gasteiger partial charge < -0.3 is 14.6 Å². The highest BCUT2D eigenvalue weighted by Gasteiger charge is 2.09. The summed E-state index contributed by atoms with van der Waals surface area (Å²) in [5.41, 5.74) is 5.84. The first kappa shape index (κ1) is 24.0. The van der Waals surface area contributed by atoms with Crippen molar-refractivity contribution >= 4 is 18.1 Å². The molecule has 0 saturated heterocycles. The third kappa shape index (κ3) is 7.49. The predicted octanol–water partition coefficient (Wildman–Crippen LogP) is 6.59. The summed E-state index contributed by atoms with van der Waals surface area (Å²) in [6.07, 6.45) is 11.0. The molecule has 0 saturated carbocycles. The summed E-state index contributed by atoms with van der Waals surface area (Å²) in [7, 11) is 2.92. The number of esters is 1. The van der Waals surface area contributed by atoms with E-state index < -0.39 is 0 Å². The molecule has 0 aromatic heterocycles. The van der Waals surface area contributed by atoms with Crippen LogP contribution in [-0.2, 0) is 11.2 Å². The minimum absolute atomic E-state index is 0.176. The van der Waals surface area contributed by atoms with Crippen molar-refractivity contribution in [1.82, 2.24) is 0 Å². The molecule has 0 unspecified atom stereocenters. The van der Waals surface area contributed by atoms with Crippen molar-refractivity contribution in [3.63, 3.8) is 0 Å². The molecule has 0 aliphatic rings. The molecule has 164 valence electrons. The highest BCUT2D eigenvalue weighted by Crippen LogP contribution is 2.33. The SMILES string of the molecule is COC(=O)c1ccc(/C=C/c2cc(C/C=C(\C)CCC=C(C)C)c(O)c(OC)c2)cc1. The maximum atomic E-state index is 11.6. The number of aromatic hydroxyl groups is 1. The minimum Gasteiger partial charge on any atom is -0.504 e. The van der Waals surface area contributed by atoms with E-state index in [0.717, 1.165) is 29.5 Å². The minimum atomic E-state index is -0.354. The number of benzene rings is 2. The lowest BCUT2D eigenvalue weighted by atomic mass is 10.0. The standard InChI is InChI=1S/C27H32O4/c1-19(2)7-6-8-20(3)9-14-24-17-22(18-25(30-4)26(24)28)11-10-21-12-15-23(16-13-21)27(29)31-5/h7,9-13,15-18,28H,6,8,14H2,1-5H3/b11-10+,20-9+. The van der Waals surface area contributed by atoms with Crippen LogP contribution in [0.1, 0.15) is 60.7 Å². The number of hydrogen-bond acceptors (Lipinski definition) is 4. The van der Waals surface area contributed by atoms with E-state index in [1.54, 1.807) is 19.2 Å². The van der Waals surface area contributed by atoms with Crippen LogP contribution in [0.3, 0.4) is 0 Å². The molecule has 0 bridgehead atoms. The van der Waals surface area contributed by atoms with Gasteiger partial charge >= 0.3 is 5.97 Å². The summed E-state index contributed by atoms with van der Waals surface area (Å²) >= 11 is 0. The highest BCUT2D eigenvalue weighted by molar-refractivity contribution is 5.89. The molecular formula is C27H32O4. The maximum Gasteiger partial charge on any atom is 0.337 e. The van der Waals surface area contributed by atoms with Crippen molar-refractivity contribution < 1.29 is 19.4 Å². The first-order valence-electron chi connectivity index (χ1n) is 10.4. The Hall–Kier alpha value is -3.27. The van der Waals surface area contributed by atoms with Gasteiger partial charge in [-0.15, -0.1) is 0 Å². The first-order chi connectivity index (χ1) is 14.8. The number of phenols is 1. The number of rotatable bonds is 9. The van der Waals surface area contributed by atoms with E-state index in [2.05, 4.69) is 32.9 Å². The van der Waals surface area contributed by atoms with Crippen molar-refractivity contribution in [2.75, 3.05) is 14.2 Å². The van der Waals surface area contributed by atoms with E-state index in [4.69, 9.17) is 9.47 Å². The average molecular weight is 421 g/mol. The quantitative estimate of drug-likeness (QED) is 0.282. The van der Waals surface area contributed by atoms with E-state index in [0.29, 0.717) is 17.7 Å². The van der Waals surface area contributed by atoms with Crippen LogP contribution in [0.5, 0.6) is 11.5 Å². The van der Waals surface area contributed by atoms with Crippen molar-refractivity contribution in [1.29, 1.82) is 0 Å². The zero-order valence-electron chi connectivity index (χ0n) is 19.1. The van der Waals surface area contributed by atoms with Crippen molar-refractivity contribution in [3.05, 3.63) is 82.0 Å². The normalized spacial score (nSPS) is 11.5. The molecule has 0 radical (unpaired) electrons. The maximum absolute atomic E-state index is 11.6. The summed E-state index contributed by atoms with van der Waals surface area (Å²) in [4.78, 5) is 11.6. The molecule has 0 spiro atoms. The largest absolute Gasteiger partial charge is 0.504 e. The molecule has 0 heterocycles. The Morgan fingerprint density at radius 3 is 2.26 bits per heavy atom. The fourth-order valence-electron chi connectivity index (χ4n) is 3.11. The van der Waals surface area contributed by atoms with Crippen LogP contribution in [0.25, 0.3) is 12.2 Å². The molecule has 4 nitrogen and oxygen atoms in total. The van der Waals surface area contributed by atoms with Gasteiger partial charge in [0.1, 0.15) is 0 Å². The fraction of sp³-hybridized carbons (Fsp3) is 0.296. The Labute approximate surface area is 185 Å². The molecule has 2 aromatic carbocycles. The average Bonchev–Trinajstić information content (AvgIpc) is 2.77. The van der Waals surface area contributed by atoms with Gasteiger partial charge in [-0.2, -0.15) is 0 Å². The highest BCUT2D eigenvalue weighted by atomic mass is 16.5. The smallest absolute Gasteiger partial charge is 0.337 e. The number of carbonyl (C=O) groups is 1. The fourth-order valence-corrected chi connectivity index (χ4v) is 3.11. The van der Waals surface area contributed by atoms with Crippen LogP contribution in [0.2, 0.25) is 0 Å².